The van der Waals surface area contributed by atoms with E-state index in [0.717, 1.165) is 17.7 Å². The quantitative estimate of drug-likeness (QED) is 0.818. The standard InChI is InChI=1S/C19H19N3O3/c23-18(16-12-6-7-13(10-12)17(16)19(24)25)20-11-14-4-1-2-5-15(14)22-9-3-8-21-22/h1-9,12-13,16-17H,10-11H2,(H,20,23)(H,24,25)/t12-,13-,16+,17-/m0/s1. The number of allylic oxidation sites excluding steroid dienone is 2. The van der Waals surface area contributed by atoms with Gasteiger partial charge in [0.1, 0.15) is 0 Å². The van der Waals surface area contributed by atoms with Crippen molar-refractivity contribution in [2.45, 2.75) is 13.0 Å². The molecule has 25 heavy (non-hydrogen) atoms. The number of rotatable bonds is 5. The van der Waals surface area contributed by atoms with Gasteiger partial charge < -0.3 is 10.4 Å². The average molecular weight is 337 g/mol. The lowest BCUT2D eigenvalue weighted by molar-refractivity contribution is -0.147. The van der Waals surface area contributed by atoms with Crippen LogP contribution in [0.15, 0.2) is 54.9 Å². The molecule has 0 radical (unpaired) electrons. The van der Waals surface area contributed by atoms with Crippen LogP contribution in [0, 0.1) is 23.7 Å². The van der Waals surface area contributed by atoms with Crippen molar-refractivity contribution in [3.05, 3.63) is 60.4 Å². The Bertz CT molecular complexity index is 828. The zero-order valence-electron chi connectivity index (χ0n) is 13.6. The fourth-order valence-electron chi connectivity index (χ4n) is 4.11. The van der Waals surface area contributed by atoms with Gasteiger partial charge in [-0.2, -0.15) is 5.10 Å². The highest BCUT2D eigenvalue weighted by molar-refractivity contribution is 5.86. The molecule has 2 N–H and O–H groups in total. The minimum atomic E-state index is -0.881. The van der Waals surface area contributed by atoms with Gasteiger partial charge >= 0.3 is 5.97 Å². The first-order chi connectivity index (χ1) is 12.1. The Morgan fingerprint density at radius 2 is 1.92 bits per heavy atom. The SMILES string of the molecule is O=C(O)[C@@H]1[C@H](C(=O)NCc2ccccc2-n2cccn2)[C@H]2C=C[C@H]1C2. The Kier molecular flexibility index (Phi) is 3.87. The highest BCUT2D eigenvalue weighted by Crippen LogP contribution is 2.48. The third-order valence-electron chi connectivity index (χ3n) is 5.24. The van der Waals surface area contributed by atoms with Crippen LogP contribution < -0.4 is 5.32 Å². The van der Waals surface area contributed by atoms with Crippen LogP contribution in [0.3, 0.4) is 0 Å². The number of carbonyl (C=O) groups is 2. The summed E-state index contributed by atoms with van der Waals surface area (Å²) in [7, 11) is 0. The van der Waals surface area contributed by atoms with Crippen molar-refractivity contribution in [1.29, 1.82) is 0 Å². The van der Waals surface area contributed by atoms with Gasteiger partial charge in [0.15, 0.2) is 0 Å². The minimum Gasteiger partial charge on any atom is -0.481 e. The molecule has 2 aliphatic carbocycles. The third kappa shape index (κ3) is 2.73. The van der Waals surface area contributed by atoms with E-state index < -0.39 is 17.8 Å². The summed E-state index contributed by atoms with van der Waals surface area (Å²) >= 11 is 0. The third-order valence-corrected chi connectivity index (χ3v) is 5.24. The second-order valence-corrected chi connectivity index (χ2v) is 6.64. The fraction of sp³-hybridized carbons (Fsp3) is 0.316. The maximum absolute atomic E-state index is 12.7. The van der Waals surface area contributed by atoms with E-state index in [4.69, 9.17) is 0 Å². The molecule has 6 nitrogen and oxygen atoms in total. The number of nitrogens with zero attached hydrogens (tertiary/aromatic N) is 2. The number of amides is 1. The van der Waals surface area contributed by atoms with E-state index in [1.807, 2.05) is 48.7 Å². The van der Waals surface area contributed by atoms with Crippen LogP contribution in [0.1, 0.15) is 12.0 Å². The van der Waals surface area contributed by atoms with E-state index in [-0.39, 0.29) is 17.7 Å². The number of carboxylic acid groups (broad SMARTS) is 1. The fourth-order valence-corrected chi connectivity index (χ4v) is 4.11. The van der Waals surface area contributed by atoms with E-state index >= 15 is 0 Å². The number of carboxylic acids is 1. The molecule has 0 aliphatic heterocycles. The van der Waals surface area contributed by atoms with Crippen molar-refractivity contribution in [1.82, 2.24) is 15.1 Å². The number of nitrogens with one attached hydrogen (secondary N) is 1. The lowest BCUT2D eigenvalue weighted by Gasteiger charge is -2.24. The lowest BCUT2D eigenvalue weighted by Crippen LogP contribution is -2.40. The van der Waals surface area contributed by atoms with Crippen molar-refractivity contribution >= 4 is 11.9 Å². The molecule has 1 amide bonds. The molecule has 0 spiro atoms. The minimum absolute atomic E-state index is 0.0189. The number of hydrogen-bond donors (Lipinski definition) is 2. The van der Waals surface area contributed by atoms with Crippen LogP contribution >= 0.6 is 0 Å². The molecule has 128 valence electrons. The molecule has 4 rings (SSSR count). The van der Waals surface area contributed by atoms with Gasteiger partial charge in [-0.3, -0.25) is 9.59 Å². The predicted molar refractivity (Wildman–Crippen MR) is 90.8 cm³/mol. The Balaban J connectivity index is 1.50. The second kappa shape index (κ2) is 6.20. The molecule has 1 saturated carbocycles. The largest absolute Gasteiger partial charge is 0.481 e. The van der Waals surface area contributed by atoms with Crippen LogP contribution in [-0.4, -0.2) is 26.8 Å². The Morgan fingerprint density at radius 1 is 1.16 bits per heavy atom. The molecule has 1 aromatic heterocycles. The molecule has 4 atom stereocenters. The summed E-state index contributed by atoms with van der Waals surface area (Å²) in [5.41, 5.74) is 1.83. The molecule has 1 aromatic carbocycles. The summed E-state index contributed by atoms with van der Waals surface area (Å²) in [6.45, 7) is 0.346. The van der Waals surface area contributed by atoms with Gasteiger partial charge in [0.05, 0.1) is 17.5 Å². The molecule has 2 aliphatic rings. The van der Waals surface area contributed by atoms with Crippen molar-refractivity contribution < 1.29 is 14.7 Å². The van der Waals surface area contributed by atoms with E-state index in [2.05, 4.69) is 10.4 Å². The normalized spacial score (nSPS) is 26.7. The monoisotopic (exact) mass is 337 g/mol. The summed E-state index contributed by atoms with van der Waals surface area (Å²) in [4.78, 5) is 24.3. The second-order valence-electron chi connectivity index (χ2n) is 6.64. The van der Waals surface area contributed by atoms with E-state index in [1.165, 1.54) is 0 Å². The number of benzene rings is 1. The first kappa shape index (κ1) is 15.6. The maximum Gasteiger partial charge on any atom is 0.307 e. The zero-order valence-corrected chi connectivity index (χ0v) is 13.6. The molecule has 2 aromatic rings. The summed E-state index contributed by atoms with van der Waals surface area (Å²) < 4.78 is 1.75. The lowest BCUT2D eigenvalue weighted by atomic mass is 9.82. The van der Waals surface area contributed by atoms with Crippen molar-refractivity contribution in [3.63, 3.8) is 0 Å². The van der Waals surface area contributed by atoms with E-state index in [0.29, 0.717) is 6.54 Å². The van der Waals surface area contributed by atoms with Crippen LogP contribution in [0.25, 0.3) is 5.69 Å². The molecule has 0 unspecified atom stereocenters. The number of hydrogen-bond acceptors (Lipinski definition) is 3. The van der Waals surface area contributed by atoms with Crippen LogP contribution in [-0.2, 0) is 16.1 Å². The van der Waals surface area contributed by atoms with Gasteiger partial charge in [0.25, 0.3) is 0 Å². The smallest absolute Gasteiger partial charge is 0.307 e. The molecule has 2 bridgehead atoms. The highest BCUT2D eigenvalue weighted by atomic mass is 16.4. The number of para-hydroxylation sites is 1. The topological polar surface area (TPSA) is 84.2 Å². The van der Waals surface area contributed by atoms with Gasteiger partial charge in [-0.05, 0) is 36.0 Å². The number of fused-ring (bicyclic) bond motifs is 2. The van der Waals surface area contributed by atoms with Crippen LogP contribution in [0.2, 0.25) is 0 Å². The van der Waals surface area contributed by atoms with Gasteiger partial charge in [-0.25, -0.2) is 4.68 Å². The summed E-state index contributed by atoms with van der Waals surface area (Å²) in [5, 5.41) is 16.7. The summed E-state index contributed by atoms with van der Waals surface area (Å²) in [6.07, 6.45) is 8.25. The van der Waals surface area contributed by atoms with Crippen molar-refractivity contribution in [2.75, 3.05) is 0 Å². The Hall–Kier alpha value is -2.89. The number of carbonyl (C=O) groups excluding carboxylic acids is 1. The number of aromatic nitrogens is 2. The maximum atomic E-state index is 12.7. The van der Waals surface area contributed by atoms with Crippen molar-refractivity contribution in [2.24, 2.45) is 23.7 Å². The molecule has 6 heteroatoms. The predicted octanol–water partition coefficient (Wildman–Crippen LogP) is 2.01. The van der Waals surface area contributed by atoms with Gasteiger partial charge in [0, 0.05) is 18.9 Å². The Labute approximate surface area is 145 Å². The van der Waals surface area contributed by atoms with Crippen LogP contribution in [0.5, 0.6) is 0 Å². The van der Waals surface area contributed by atoms with Crippen LogP contribution in [0.4, 0.5) is 0 Å². The first-order valence-corrected chi connectivity index (χ1v) is 8.42. The van der Waals surface area contributed by atoms with E-state index in [9.17, 15) is 14.7 Å². The summed E-state index contributed by atoms with van der Waals surface area (Å²) in [5.74, 6) is -2.14. The van der Waals surface area contributed by atoms with Gasteiger partial charge in [-0.15, -0.1) is 0 Å². The van der Waals surface area contributed by atoms with Gasteiger partial charge in [0.2, 0.25) is 5.91 Å². The van der Waals surface area contributed by atoms with Crippen molar-refractivity contribution in [3.8, 4) is 5.69 Å². The Morgan fingerprint density at radius 3 is 2.64 bits per heavy atom. The molecule has 1 heterocycles. The average Bonchev–Trinajstić information content (AvgIpc) is 3.35. The molecular weight excluding hydrogens is 318 g/mol. The van der Waals surface area contributed by atoms with Gasteiger partial charge in [-0.1, -0.05) is 30.4 Å². The first-order valence-electron chi connectivity index (χ1n) is 8.42. The number of aliphatic carboxylic acids is 1. The van der Waals surface area contributed by atoms with E-state index in [1.54, 1.807) is 10.9 Å². The highest BCUT2D eigenvalue weighted by Gasteiger charge is 2.51. The summed E-state index contributed by atoms with van der Waals surface area (Å²) in [6, 6.07) is 9.55. The molecular formula is C19H19N3O3. The zero-order chi connectivity index (χ0) is 17.4. The molecule has 1 fully saturated rings. The molecule has 0 saturated heterocycles.